The number of ether oxygens (including phenoxy) is 1. The summed E-state index contributed by atoms with van der Waals surface area (Å²) >= 11 is 0. The summed E-state index contributed by atoms with van der Waals surface area (Å²) in [7, 11) is 0. The van der Waals surface area contributed by atoms with E-state index >= 15 is 0 Å². The van der Waals surface area contributed by atoms with Crippen LogP contribution in [0.3, 0.4) is 0 Å². The van der Waals surface area contributed by atoms with Crippen LogP contribution in [0.15, 0.2) is 58.3 Å². The van der Waals surface area contributed by atoms with Gasteiger partial charge in [0.15, 0.2) is 0 Å². The van der Waals surface area contributed by atoms with Crippen molar-refractivity contribution in [3.8, 4) is 0 Å². The van der Waals surface area contributed by atoms with Crippen molar-refractivity contribution >= 4 is 16.7 Å². The molecular weight excluding hydrogens is 394 g/mol. The molecule has 7 heteroatoms. The summed E-state index contributed by atoms with van der Waals surface area (Å²) in [5, 5.41) is 4.98. The molecule has 0 aliphatic carbocycles. The molecule has 4 atom stereocenters. The lowest BCUT2D eigenvalue weighted by atomic mass is 9.91. The Morgan fingerprint density at radius 1 is 1.10 bits per heavy atom. The van der Waals surface area contributed by atoms with E-state index in [1.54, 1.807) is 0 Å². The zero-order valence-electron chi connectivity index (χ0n) is 17.9. The molecule has 0 bridgehead atoms. The topological polar surface area (TPSA) is 93.2 Å². The number of carbonyl (C=O) groups is 1. The Morgan fingerprint density at radius 2 is 1.84 bits per heavy atom. The summed E-state index contributed by atoms with van der Waals surface area (Å²) in [6.45, 7) is 6.42. The Hall–Kier alpha value is -3.19. The molecule has 1 aliphatic heterocycles. The molecule has 4 rings (SSSR count). The highest BCUT2D eigenvalue weighted by atomic mass is 16.5. The van der Waals surface area contributed by atoms with Gasteiger partial charge in [0.2, 0.25) is 0 Å². The van der Waals surface area contributed by atoms with Gasteiger partial charge in [0, 0.05) is 18.7 Å². The summed E-state index contributed by atoms with van der Waals surface area (Å²) in [6, 6.07) is 13.9. The Kier molecular flexibility index (Phi) is 5.78. The van der Waals surface area contributed by atoms with E-state index in [1.807, 2.05) is 56.3 Å². The highest BCUT2D eigenvalue weighted by molar-refractivity contribution is 5.93. The lowest BCUT2D eigenvalue weighted by Crippen LogP contribution is -2.39. The van der Waals surface area contributed by atoms with Crippen molar-refractivity contribution in [1.29, 1.82) is 0 Å². The normalized spacial score (nSPS) is 23.2. The summed E-state index contributed by atoms with van der Waals surface area (Å²) in [6.07, 6.45) is 1.67. The molecule has 1 saturated heterocycles. The van der Waals surface area contributed by atoms with Gasteiger partial charge in [-0.25, -0.2) is 4.79 Å². The molecule has 0 spiro atoms. The molecular formula is C24H27N3O4. The first-order chi connectivity index (χ1) is 14.9. The number of nitrogens with one attached hydrogen (secondary N) is 2. The monoisotopic (exact) mass is 421 g/mol. The van der Waals surface area contributed by atoms with Gasteiger partial charge in [0.1, 0.15) is 11.8 Å². The first kappa shape index (κ1) is 21.1. The maximum absolute atomic E-state index is 12.8. The SMILES string of the molecule is CC[C@H]1O[C@@H](n2cc(C(=O)NCc3ccc4ccccc4c3)c(=O)[nH]c2=O)[C@@H](C)C1C. The van der Waals surface area contributed by atoms with Gasteiger partial charge < -0.3 is 10.1 Å². The van der Waals surface area contributed by atoms with Gasteiger partial charge in [0.05, 0.1) is 6.10 Å². The second-order valence-electron chi connectivity index (χ2n) is 8.27. The van der Waals surface area contributed by atoms with Crippen LogP contribution >= 0.6 is 0 Å². The van der Waals surface area contributed by atoms with Crippen molar-refractivity contribution in [2.24, 2.45) is 11.8 Å². The highest BCUT2D eigenvalue weighted by Crippen LogP contribution is 2.39. The van der Waals surface area contributed by atoms with Crippen LogP contribution in [-0.2, 0) is 11.3 Å². The van der Waals surface area contributed by atoms with Crippen molar-refractivity contribution < 1.29 is 9.53 Å². The quantitative estimate of drug-likeness (QED) is 0.662. The number of fused-ring (bicyclic) bond motifs is 1. The fourth-order valence-corrected chi connectivity index (χ4v) is 4.27. The number of amides is 1. The Balaban J connectivity index is 1.56. The van der Waals surface area contributed by atoms with E-state index in [0.717, 1.165) is 22.8 Å². The van der Waals surface area contributed by atoms with Crippen molar-refractivity contribution in [2.75, 3.05) is 0 Å². The summed E-state index contributed by atoms with van der Waals surface area (Å²) in [4.78, 5) is 39.8. The van der Waals surface area contributed by atoms with Crippen LogP contribution < -0.4 is 16.6 Å². The van der Waals surface area contributed by atoms with Gasteiger partial charge in [-0.3, -0.25) is 19.1 Å². The molecule has 7 nitrogen and oxygen atoms in total. The van der Waals surface area contributed by atoms with Crippen molar-refractivity contribution in [2.45, 2.75) is 46.1 Å². The number of aromatic amines is 1. The fraction of sp³-hybridized carbons (Fsp3) is 0.375. The summed E-state index contributed by atoms with van der Waals surface area (Å²) in [5.74, 6) is -0.199. The van der Waals surface area contributed by atoms with Crippen LogP contribution in [0.2, 0.25) is 0 Å². The lowest BCUT2D eigenvalue weighted by molar-refractivity contribution is -0.0169. The molecule has 3 aromatic rings. The third-order valence-electron chi connectivity index (χ3n) is 6.34. The van der Waals surface area contributed by atoms with Crippen molar-refractivity contribution in [3.63, 3.8) is 0 Å². The first-order valence-corrected chi connectivity index (χ1v) is 10.7. The van der Waals surface area contributed by atoms with Gasteiger partial charge in [-0.05, 0) is 34.7 Å². The molecule has 1 amide bonds. The third kappa shape index (κ3) is 4.05. The Morgan fingerprint density at radius 3 is 2.55 bits per heavy atom. The minimum atomic E-state index is -0.706. The third-order valence-corrected chi connectivity index (χ3v) is 6.34. The number of H-pyrrole nitrogens is 1. The molecule has 2 heterocycles. The van der Waals surface area contributed by atoms with Crippen LogP contribution in [0, 0.1) is 11.8 Å². The van der Waals surface area contributed by atoms with E-state index in [4.69, 9.17) is 4.74 Å². The van der Waals surface area contributed by atoms with Crippen molar-refractivity contribution in [1.82, 2.24) is 14.9 Å². The van der Waals surface area contributed by atoms with Crippen LogP contribution in [0.4, 0.5) is 0 Å². The average Bonchev–Trinajstić information content (AvgIpc) is 3.06. The Bertz CT molecular complexity index is 1230. The van der Waals surface area contributed by atoms with E-state index in [9.17, 15) is 14.4 Å². The smallest absolute Gasteiger partial charge is 0.330 e. The number of aromatic nitrogens is 2. The lowest BCUT2D eigenvalue weighted by Gasteiger charge is -2.19. The molecule has 1 unspecified atom stereocenters. The maximum atomic E-state index is 12.8. The number of benzene rings is 2. The number of nitrogens with zero attached hydrogens (tertiary/aromatic N) is 1. The van der Waals surface area contributed by atoms with Crippen LogP contribution in [-0.4, -0.2) is 21.6 Å². The second-order valence-corrected chi connectivity index (χ2v) is 8.27. The van der Waals surface area contributed by atoms with Gasteiger partial charge in [0.25, 0.3) is 11.5 Å². The molecule has 0 radical (unpaired) electrons. The van der Waals surface area contributed by atoms with Gasteiger partial charge in [-0.1, -0.05) is 57.2 Å². The highest BCUT2D eigenvalue weighted by Gasteiger charge is 2.39. The molecule has 0 saturated carbocycles. The zero-order valence-corrected chi connectivity index (χ0v) is 17.9. The summed E-state index contributed by atoms with van der Waals surface area (Å²) < 4.78 is 7.39. The number of carbonyl (C=O) groups excluding carboxylic acids is 1. The van der Waals surface area contributed by atoms with E-state index in [0.29, 0.717) is 0 Å². The fourth-order valence-electron chi connectivity index (χ4n) is 4.27. The number of hydrogen-bond donors (Lipinski definition) is 2. The predicted octanol–water partition coefficient (Wildman–Crippen LogP) is 3.20. The molecule has 31 heavy (non-hydrogen) atoms. The zero-order chi connectivity index (χ0) is 22.1. The number of hydrogen-bond acceptors (Lipinski definition) is 4. The van der Waals surface area contributed by atoms with Gasteiger partial charge in [-0.2, -0.15) is 0 Å². The number of rotatable bonds is 5. The van der Waals surface area contributed by atoms with Gasteiger partial charge in [-0.15, -0.1) is 0 Å². The average molecular weight is 421 g/mol. The minimum absolute atomic E-state index is 0.0315. The standard InChI is InChI=1S/C24H27N3O4/c1-4-20-14(2)15(3)23(31-20)27-13-19(22(29)26-24(27)30)21(28)25-12-16-9-10-17-7-5-6-8-18(17)11-16/h5-11,13-15,20,23H,4,12H2,1-3H3,(H,25,28)(H,26,29,30)/t14?,15-,20+,23+/m0/s1. The largest absolute Gasteiger partial charge is 0.354 e. The summed E-state index contributed by atoms with van der Waals surface area (Å²) in [5.41, 5.74) is -0.465. The van der Waals surface area contributed by atoms with Gasteiger partial charge >= 0.3 is 5.69 Å². The first-order valence-electron chi connectivity index (χ1n) is 10.7. The molecule has 2 aromatic carbocycles. The Labute approximate surface area is 180 Å². The van der Waals surface area contributed by atoms with Crippen LogP contribution in [0.5, 0.6) is 0 Å². The van der Waals surface area contributed by atoms with Crippen molar-refractivity contribution in [3.05, 3.63) is 80.6 Å². The minimum Gasteiger partial charge on any atom is -0.354 e. The molecule has 1 aliphatic rings. The second kappa shape index (κ2) is 8.51. The van der Waals surface area contributed by atoms with E-state index in [-0.39, 0.29) is 30.0 Å². The molecule has 1 aromatic heterocycles. The van der Waals surface area contributed by atoms with Crippen LogP contribution in [0.1, 0.15) is 49.3 Å². The predicted molar refractivity (Wildman–Crippen MR) is 119 cm³/mol. The molecule has 162 valence electrons. The van der Waals surface area contributed by atoms with E-state index < -0.39 is 23.4 Å². The molecule has 2 N–H and O–H groups in total. The molecule has 1 fully saturated rings. The van der Waals surface area contributed by atoms with E-state index in [2.05, 4.69) is 17.2 Å². The maximum Gasteiger partial charge on any atom is 0.330 e. The van der Waals surface area contributed by atoms with E-state index in [1.165, 1.54) is 10.8 Å². The van der Waals surface area contributed by atoms with Crippen LogP contribution in [0.25, 0.3) is 10.8 Å².